The van der Waals surface area contributed by atoms with Crippen molar-refractivity contribution in [3.63, 3.8) is 0 Å². The van der Waals surface area contributed by atoms with Gasteiger partial charge in [0.15, 0.2) is 0 Å². The monoisotopic (exact) mass is 243 g/mol. The van der Waals surface area contributed by atoms with Gasteiger partial charge in [0.25, 0.3) is 0 Å². The molecule has 2 heterocycles. The number of pyridine rings is 2. The Balaban J connectivity index is 1.72. The number of ether oxygens (including phenoxy) is 1. The van der Waals surface area contributed by atoms with Gasteiger partial charge in [-0.25, -0.2) is 4.98 Å². The van der Waals surface area contributed by atoms with E-state index >= 15 is 0 Å². The van der Waals surface area contributed by atoms with Gasteiger partial charge in [-0.1, -0.05) is 12.1 Å². The van der Waals surface area contributed by atoms with Gasteiger partial charge < -0.3 is 10.1 Å². The molecule has 1 N–H and O–H groups in total. The summed E-state index contributed by atoms with van der Waals surface area (Å²) in [4.78, 5) is 8.25. The first kappa shape index (κ1) is 12.5. The lowest BCUT2D eigenvalue weighted by Crippen LogP contribution is -2.16. The van der Waals surface area contributed by atoms with Crippen LogP contribution in [0.3, 0.4) is 0 Å². The molecular formula is C14H17N3O. The minimum atomic E-state index is 0.647. The molecule has 94 valence electrons. The second-order valence-corrected chi connectivity index (χ2v) is 4.00. The molecule has 0 aliphatic rings. The Bertz CT molecular complexity index is 456. The van der Waals surface area contributed by atoms with Crippen LogP contribution < -0.4 is 10.1 Å². The third kappa shape index (κ3) is 3.82. The molecule has 4 nitrogen and oxygen atoms in total. The fourth-order valence-corrected chi connectivity index (χ4v) is 1.65. The first-order chi connectivity index (χ1) is 8.88. The minimum absolute atomic E-state index is 0.647. The van der Waals surface area contributed by atoms with Gasteiger partial charge in [0.05, 0.1) is 7.11 Å². The zero-order valence-corrected chi connectivity index (χ0v) is 10.5. The van der Waals surface area contributed by atoms with E-state index in [1.165, 1.54) is 5.56 Å². The summed E-state index contributed by atoms with van der Waals surface area (Å²) in [6, 6.07) is 7.94. The van der Waals surface area contributed by atoms with Crippen LogP contribution in [0.5, 0.6) is 5.88 Å². The number of hydrogen-bond acceptors (Lipinski definition) is 4. The van der Waals surface area contributed by atoms with Crippen LogP contribution in [-0.2, 0) is 13.0 Å². The Labute approximate surface area is 107 Å². The molecule has 0 aliphatic carbocycles. The van der Waals surface area contributed by atoms with Crippen LogP contribution in [-0.4, -0.2) is 23.6 Å². The topological polar surface area (TPSA) is 47.0 Å². The third-order valence-corrected chi connectivity index (χ3v) is 2.65. The highest BCUT2D eigenvalue weighted by molar-refractivity contribution is 5.17. The smallest absolute Gasteiger partial charge is 0.212 e. The van der Waals surface area contributed by atoms with Gasteiger partial charge in [-0.3, -0.25) is 4.98 Å². The number of aromatic nitrogens is 2. The quantitative estimate of drug-likeness (QED) is 0.786. The van der Waals surface area contributed by atoms with Crippen LogP contribution in [0, 0.1) is 0 Å². The summed E-state index contributed by atoms with van der Waals surface area (Å²) in [5, 5.41) is 3.38. The molecule has 0 saturated heterocycles. The number of methoxy groups -OCH3 is 1. The highest BCUT2D eigenvalue weighted by atomic mass is 16.5. The maximum absolute atomic E-state index is 5.01. The molecule has 4 heteroatoms. The number of rotatable bonds is 6. The Hall–Kier alpha value is -1.94. The van der Waals surface area contributed by atoms with Gasteiger partial charge in [-0.05, 0) is 30.2 Å². The molecule has 2 aromatic rings. The molecule has 2 rings (SSSR count). The molecule has 0 aliphatic heterocycles. The predicted octanol–water partition coefficient (Wildman–Crippen LogP) is 1.82. The summed E-state index contributed by atoms with van der Waals surface area (Å²) in [5.74, 6) is 0.647. The van der Waals surface area contributed by atoms with Crippen molar-refractivity contribution in [2.45, 2.75) is 13.0 Å². The molecule has 0 radical (unpaired) electrons. The SMILES string of the molecule is COc1ccc(CNCCc2cccnc2)cn1. The van der Waals surface area contributed by atoms with E-state index in [9.17, 15) is 0 Å². The van der Waals surface area contributed by atoms with Gasteiger partial charge in [0, 0.05) is 31.2 Å². The third-order valence-electron chi connectivity index (χ3n) is 2.65. The van der Waals surface area contributed by atoms with Crippen molar-refractivity contribution in [3.05, 3.63) is 54.0 Å². The van der Waals surface area contributed by atoms with Crippen molar-refractivity contribution < 1.29 is 4.74 Å². The van der Waals surface area contributed by atoms with Crippen LogP contribution >= 0.6 is 0 Å². The zero-order valence-electron chi connectivity index (χ0n) is 10.5. The minimum Gasteiger partial charge on any atom is -0.481 e. The van der Waals surface area contributed by atoms with Crippen molar-refractivity contribution >= 4 is 0 Å². The largest absolute Gasteiger partial charge is 0.481 e. The normalized spacial score (nSPS) is 10.3. The van der Waals surface area contributed by atoms with E-state index in [0.717, 1.165) is 25.1 Å². The molecule has 18 heavy (non-hydrogen) atoms. The molecule has 0 unspecified atom stereocenters. The van der Waals surface area contributed by atoms with Gasteiger partial charge in [-0.15, -0.1) is 0 Å². The number of nitrogens with one attached hydrogen (secondary N) is 1. The summed E-state index contributed by atoms with van der Waals surface area (Å²) >= 11 is 0. The Morgan fingerprint density at radius 2 is 2.11 bits per heavy atom. The molecule has 0 bridgehead atoms. The number of hydrogen-bond donors (Lipinski definition) is 1. The Kier molecular flexibility index (Phi) is 4.67. The Morgan fingerprint density at radius 3 is 2.78 bits per heavy atom. The van der Waals surface area contributed by atoms with E-state index in [0.29, 0.717) is 5.88 Å². The van der Waals surface area contributed by atoms with Crippen molar-refractivity contribution in [3.8, 4) is 5.88 Å². The van der Waals surface area contributed by atoms with Gasteiger partial charge in [0.1, 0.15) is 0 Å². The standard InChI is InChI=1S/C14H17N3O/c1-18-14-5-4-13(11-17-14)10-16-8-6-12-3-2-7-15-9-12/h2-5,7,9,11,16H,6,8,10H2,1H3. The van der Waals surface area contributed by atoms with Crippen LogP contribution in [0.15, 0.2) is 42.9 Å². The Morgan fingerprint density at radius 1 is 1.17 bits per heavy atom. The summed E-state index contributed by atoms with van der Waals surface area (Å²) in [6.45, 7) is 1.75. The molecule has 0 aromatic carbocycles. The summed E-state index contributed by atoms with van der Waals surface area (Å²) < 4.78 is 5.01. The first-order valence-electron chi connectivity index (χ1n) is 5.97. The molecule has 2 aromatic heterocycles. The summed E-state index contributed by atoms with van der Waals surface area (Å²) in [5.41, 5.74) is 2.40. The van der Waals surface area contributed by atoms with Crippen molar-refractivity contribution in [2.75, 3.05) is 13.7 Å². The van der Waals surface area contributed by atoms with Gasteiger partial charge in [-0.2, -0.15) is 0 Å². The maximum Gasteiger partial charge on any atom is 0.212 e. The lowest BCUT2D eigenvalue weighted by molar-refractivity contribution is 0.397. The van der Waals surface area contributed by atoms with E-state index in [1.807, 2.05) is 30.6 Å². The second kappa shape index (κ2) is 6.71. The lowest BCUT2D eigenvalue weighted by Gasteiger charge is -2.05. The highest BCUT2D eigenvalue weighted by Gasteiger charge is 1.96. The van der Waals surface area contributed by atoms with Gasteiger partial charge in [0.2, 0.25) is 5.88 Å². The van der Waals surface area contributed by atoms with Gasteiger partial charge >= 0.3 is 0 Å². The molecule has 0 fully saturated rings. The zero-order chi connectivity index (χ0) is 12.6. The van der Waals surface area contributed by atoms with E-state index in [4.69, 9.17) is 4.74 Å². The average molecular weight is 243 g/mol. The predicted molar refractivity (Wildman–Crippen MR) is 70.4 cm³/mol. The van der Waals surface area contributed by atoms with Crippen LogP contribution in [0.2, 0.25) is 0 Å². The highest BCUT2D eigenvalue weighted by Crippen LogP contribution is 2.06. The summed E-state index contributed by atoms with van der Waals surface area (Å²) in [7, 11) is 1.62. The van der Waals surface area contributed by atoms with Crippen molar-refractivity contribution in [2.24, 2.45) is 0 Å². The second-order valence-electron chi connectivity index (χ2n) is 4.00. The van der Waals surface area contributed by atoms with Crippen LogP contribution in [0.4, 0.5) is 0 Å². The molecular weight excluding hydrogens is 226 g/mol. The van der Waals surface area contributed by atoms with Crippen LogP contribution in [0.1, 0.15) is 11.1 Å². The number of nitrogens with zero attached hydrogens (tertiary/aromatic N) is 2. The maximum atomic E-state index is 5.01. The van der Waals surface area contributed by atoms with E-state index in [1.54, 1.807) is 13.3 Å². The molecule has 0 spiro atoms. The lowest BCUT2D eigenvalue weighted by atomic mass is 10.2. The average Bonchev–Trinajstić information content (AvgIpc) is 2.45. The first-order valence-corrected chi connectivity index (χ1v) is 5.97. The van der Waals surface area contributed by atoms with E-state index in [-0.39, 0.29) is 0 Å². The fourth-order valence-electron chi connectivity index (χ4n) is 1.65. The van der Waals surface area contributed by atoms with E-state index < -0.39 is 0 Å². The molecule has 0 saturated carbocycles. The molecule has 0 amide bonds. The molecule has 0 atom stereocenters. The van der Waals surface area contributed by atoms with Crippen molar-refractivity contribution in [1.82, 2.24) is 15.3 Å². The summed E-state index contributed by atoms with van der Waals surface area (Å²) in [6.07, 6.45) is 6.50. The van der Waals surface area contributed by atoms with E-state index in [2.05, 4.69) is 21.4 Å². The fraction of sp³-hybridized carbons (Fsp3) is 0.286. The van der Waals surface area contributed by atoms with Crippen LogP contribution in [0.25, 0.3) is 0 Å². The van der Waals surface area contributed by atoms with Crippen molar-refractivity contribution in [1.29, 1.82) is 0 Å².